The van der Waals surface area contributed by atoms with Crippen molar-refractivity contribution in [3.8, 4) is 0 Å². The van der Waals surface area contributed by atoms with Gasteiger partial charge in [-0.05, 0) is 42.0 Å². The summed E-state index contributed by atoms with van der Waals surface area (Å²) in [6.07, 6.45) is 2.18. The Hall–Kier alpha value is -0.680. The van der Waals surface area contributed by atoms with Gasteiger partial charge in [-0.15, -0.1) is 11.3 Å². The summed E-state index contributed by atoms with van der Waals surface area (Å²) >= 11 is 5.34. The molecule has 2 heterocycles. The van der Waals surface area contributed by atoms with E-state index in [2.05, 4.69) is 63.0 Å². The van der Waals surface area contributed by atoms with E-state index in [4.69, 9.17) is 4.74 Å². The van der Waals surface area contributed by atoms with Crippen LogP contribution in [0, 0.1) is 0 Å². The first-order valence-corrected chi connectivity index (χ1v) is 9.03. The molecule has 4 heteroatoms. The van der Waals surface area contributed by atoms with Crippen LogP contribution < -0.4 is 5.32 Å². The monoisotopic (exact) mass is 365 g/mol. The molecule has 1 fully saturated rings. The molecule has 0 saturated carbocycles. The Morgan fingerprint density at radius 3 is 2.57 bits per heavy atom. The van der Waals surface area contributed by atoms with Crippen LogP contribution in [0.4, 0.5) is 0 Å². The first-order valence-electron chi connectivity index (χ1n) is 7.35. The Morgan fingerprint density at radius 1 is 1.14 bits per heavy atom. The van der Waals surface area contributed by atoms with Gasteiger partial charge in [-0.25, -0.2) is 0 Å². The van der Waals surface area contributed by atoms with Gasteiger partial charge < -0.3 is 10.1 Å². The van der Waals surface area contributed by atoms with Crippen LogP contribution in [-0.2, 0) is 16.7 Å². The molecule has 0 amide bonds. The van der Waals surface area contributed by atoms with Crippen LogP contribution in [0.25, 0.3) is 0 Å². The fraction of sp³-hybridized carbons (Fsp3) is 0.412. The molecule has 1 aliphatic rings. The molecular weight excluding hydrogens is 346 g/mol. The number of ether oxygens (including phenoxy) is 1. The van der Waals surface area contributed by atoms with E-state index in [9.17, 15) is 0 Å². The van der Waals surface area contributed by atoms with E-state index in [1.807, 2.05) is 11.3 Å². The number of hydrogen-bond acceptors (Lipinski definition) is 3. The summed E-state index contributed by atoms with van der Waals surface area (Å²) < 4.78 is 6.73. The minimum atomic E-state index is 0.205. The maximum Gasteiger partial charge on any atom is 0.0475 e. The van der Waals surface area contributed by atoms with Crippen molar-refractivity contribution in [2.45, 2.75) is 24.8 Å². The van der Waals surface area contributed by atoms with Crippen molar-refractivity contribution in [1.82, 2.24) is 5.32 Å². The molecule has 21 heavy (non-hydrogen) atoms. The fourth-order valence-electron chi connectivity index (χ4n) is 2.97. The Kier molecular flexibility index (Phi) is 5.11. The third-order valence-corrected chi connectivity index (χ3v) is 5.65. The number of benzene rings is 1. The summed E-state index contributed by atoms with van der Waals surface area (Å²) in [7, 11) is 0. The lowest BCUT2D eigenvalue weighted by molar-refractivity contribution is 0.0498. The first kappa shape index (κ1) is 15.2. The summed E-state index contributed by atoms with van der Waals surface area (Å²) in [5.41, 5.74) is 1.63. The maximum absolute atomic E-state index is 5.59. The molecule has 0 atom stereocenters. The minimum absolute atomic E-state index is 0.205. The van der Waals surface area contributed by atoms with Gasteiger partial charge in [-0.1, -0.05) is 34.1 Å². The molecule has 2 aromatic rings. The van der Waals surface area contributed by atoms with E-state index in [-0.39, 0.29) is 5.41 Å². The van der Waals surface area contributed by atoms with Crippen LogP contribution in [-0.4, -0.2) is 19.8 Å². The Bertz CT molecular complexity index is 547. The second-order valence-corrected chi connectivity index (χ2v) is 7.53. The van der Waals surface area contributed by atoms with Gasteiger partial charge in [-0.3, -0.25) is 0 Å². The molecule has 3 rings (SSSR count). The van der Waals surface area contributed by atoms with Crippen molar-refractivity contribution in [3.63, 3.8) is 0 Å². The lowest BCUT2D eigenvalue weighted by Crippen LogP contribution is -2.42. The minimum Gasteiger partial charge on any atom is -0.381 e. The molecule has 1 aromatic carbocycles. The van der Waals surface area contributed by atoms with Gasteiger partial charge in [0.1, 0.15) is 0 Å². The van der Waals surface area contributed by atoms with Crippen molar-refractivity contribution in [2.75, 3.05) is 19.8 Å². The quantitative estimate of drug-likeness (QED) is 0.850. The van der Waals surface area contributed by atoms with E-state index < -0.39 is 0 Å². The van der Waals surface area contributed by atoms with Gasteiger partial charge in [0.15, 0.2) is 0 Å². The van der Waals surface area contributed by atoms with Crippen LogP contribution in [0.2, 0.25) is 0 Å². The SMILES string of the molecule is Brc1ccc(C2(CNCc3cccs3)CCOCC2)cc1. The molecular formula is C17H20BrNOS. The standard InChI is InChI=1S/C17H20BrNOS/c18-15-5-3-14(4-6-15)17(7-9-20-10-8-17)13-19-12-16-2-1-11-21-16/h1-6,11,19H,7-10,12-13H2. The molecule has 1 aliphatic heterocycles. The van der Waals surface area contributed by atoms with Crippen LogP contribution in [0.5, 0.6) is 0 Å². The van der Waals surface area contributed by atoms with Crippen LogP contribution in [0.15, 0.2) is 46.3 Å². The fourth-order valence-corrected chi connectivity index (χ4v) is 3.91. The Morgan fingerprint density at radius 2 is 1.90 bits per heavy atom. The van der Waals surface area contributed by atoms with E-state index in [0.29, 0.717) is 0 Å². The van der Waals surface area contributed by atoms with E-state index in [1.165, 1.54) is 10.4 Å². The molecule has 0 bridgehead atoms. The predicted molar refractivity (Wildman–Crippen MR) is 91.9 cm³/mol. The topological polar surface area (TPSA) is 21.3 Å². The molecule has 1 N–H and O–H groups in total. The van der Waals surface area contributed by atoms with Crippen molar-refractivity contribution in [2.24, 2.45) is 0 Å². The van der Waals surface area contributed by atoms with Gasteiger partial charge >= 0.3 is 0 Å². The molecule has 2 nitrogen and oxygen atoms in total. The Balaban J connectivity index is 1.71. The van der Waals surface area contributed by atoms with E-state index in [0.717, 1.165) is 43.6 Å². The number of rotatable bonds is 5. The second-order valence-electron chi connectivity index (χ2n) is 5.58. The lowest BCUT2D eigenvalue weighted by Gasteiger charge is -2.38. The Labute approximate surface area is 138 Å². The van der Waals surface area contributed by atoms with Crippen molar-refractivity contribution in [3.05, 3.63) is 56.7 Å². The maximum atomic E-state index is 5.59. The largest absolute Gasteiger partial charge is 0.381 e. The van der Waals surface area contributed by atoms with Crippen LogP contribution >= 0.6 is 27.3 Å². The molecule has 0 unspecified atom stereocenters. The molecule has 112 valence electrons. The average Bonchev–Trinajstić information content (AvgIpc) is 3.02. The second kappa shape index (κ2) is 7.05. The van der Waals surface area contributed by atoms with Gasteiger partial charge in [0, 0.05) is 41.1 Å². The van der Waals surface area contributed by atoms with Crippen molar-refractivity contribution in [1.29, 1.82) is 0 Å². The van der Waals surface area contributed by atoms with Gasteiger partial charge in [0.05, 0.1) is 0 Å². The van der Waals surface area contributed by atoms with Crippen molar-refractivity contribution >= 4 is 27.3 Å². The highest BCUT2D eigenvalue weighted by atomic mass is 79.9. The zero-order valence-corrected chi connectivity index (χ0v) is 14.4. The molecule has 1 aromatic heterocycles. The summed E-state index contributed by atoms with van der Waals surface area (Å²) in [5.74, 6) is 0. The van der Waals surface area contributed by atoms with Gasteiger partial charge in [0.25, 0.3) is 0 Å². The highest BCUT2D eigenvalue weighted by Crippen LogP contribution is 2.35. The predicted octanol–water partition coefficient (Wildman–Crippen LogP) is 4.35. The number of hydrogen-bond donors (Lipinski definition) is 1. The lowest BCUT2D eigenvalue weighted by atomic mass is 9.74. The number of halogens is 1. The summed E-state index contributed by atoms with van der Waals surface area (Å²) in [5, 5.41) is 5.79. The van der Waals surface area contributed by atoms with E-state index >= 15 is 0 Å². The first-order chi connectivity index (χ1) is 10.3. The van der Waals surface area contributed by atoms with Crippen molar-refractivity contribution < 1.29 is 4.74 Å². The molecule has 0 spiro atoms. The zero-order chi connectivity index (χ0) is 14.5. The van der Waals surface area contributed by atoms with Crippen LogP contribution in [0.1, 0.15) is 23.3 Å². The summed E-state index contributed by atoms with van der Waals surface area (Å²) in [6, 6.07) is 13.1. The van der Waals surface area contributed by atoms with Gasteiger partial charge in [-0.2, -0.15) is 0 Å². The molecule has 1 saturated heterocycles. The van der Waals surface area contributed by atoms with E-state index in [1.54, 1.807) is 0 Å². The summed E-state index contributed by atoms with van der Waals surface area (Å²) in [4.78, 5) is 1.40. The highest BCUT2D eigenvalue weighted by Gasteiger charge is 2.34. The average molecular weight is 366 g/mol. The highest BCUT2D eigenvalue weighted by molar-refractivity contribution is 9.10. The zero-order valence-electron chi connectivity index (χ0n) is 12.0. The van der Waals surface area contributed by atoms with Crippen LogP contribution in [0.3, 0.4) is 0 Å². The number of thiophene rings is 1. The third kappa shape index (κ3) is 3.75. The number of nitrogens with one attached hydrogen (secondary N) is 1. The molecule has 0 radical (unpaired) electrons. The summed E-state index contributed by atoms with van der Waals surface area (Å²) in [6.45, 7) is 3.68. The normalized spacial score (nSPS) is 17.8. The third-order valence-electron chi connectivity index (χ3n) is 4.25. The smallest absolute Gasteiger partial charge is 0.0475 e. The van der Waals surface area contributed by atoms with Gasteiger partial charge in [0.2, 0.25) is 0 Å². The molecule has 0 aliphatic carbocycles.